The van der Waals surface area contributed by atoms with Crippen LogP contribution in [-0.4, -0.2) is 98.9 Å². The van der Waals surface area contributed by atoms with Crippen molar-refractivity contribution >= 4 is 46.4 Å². The van der Waals surface area contributed by atoms with Gasteiger partial charge in [-0.25, -0.2) is 0 Å². The molecule has 0 aliphatic carbocycles. The number of carbonyl (C=O) groups is 4. The van der Waals surface area contributed by atoms with Crippen molar-refractivity contribution in [2.45, 2.75) is 45.2 Å². The summed E-state index contributed by atoms with van der Waals surface area (Å²) in [5.41, 5.74) is 10.9. The molecule has 2 atom stereocenters. The molecule has 0 radical (unpaired) electrons. The Morgan fingerprint density at radius 3 is 1.16 bits per heavy atom. The van der Waals surface area contributed by atoms with Gasteiger partial charge in [-0.3, -0.25) is 29.0 Å². The normalized spacial score (nSPS) is 14.6. The van der Waals surface area contributed by atoms with E-state index in [0.29, 0.717) is 24.2 Å². The van der Waals surface area contributed by atoms with Gasteiger partial charge in [-0.1, -0.05) is 165 Å². The average molecular weight is 1080 g/mol. The number of hydrogen-bond donors (Lipinski definition) is 4. The molecule has 12 heteroatoms. The van der Waals surface area contributed by atoms with Crippen LogP contribution in [0.25, 0.3) is 22.3 Å². The third kappa shape index (κ3) is 15.1. The minimum atomic E-state index is -0.294. The Hall–Kier alpha value is -8.84. The summed E-state index contributed by atoms with van der Waals surface area (Å²) in [6.07, 6.45) is 2.83. The zero-order valence-corrected chi connectivity index (χ0v) is 46.6. The van der Waals surface area contributed by atoms with Crippen molar-refractivity contribution in [3.8, 4) is 22.3 Å². The predicted octanol–water partition coefficient (Wildman–Crippen LogP) is 12.4. The van der Waals surface area contributed by atoms with E-state index in [-0.39, 0.29) is 35.7 Å². The first-order valence-corrected chi connectivity index (χ1v) is 28.5. The lowest BCUT2D eigenvalue weighted by atomic mass is 9.99. The van der Waals surface area contributed by atoms with Gasteiger partial charge in [0, 0.05) is 99.3 Å². The lowest BCUT2D eigenvalue weighted by Gasteiger charge is -2.30. The number of benzene rings is 8. The summed E-state index contributed by atoms with van der Waals surface area (Å²) in [4.78, 5) is 62.0. The molecule has 0 aromatic heterocycles. The van der Waals surface area contributed by atoms with Gasteiger partial charge in [0.05, 0.1) is 0 Å². The highest BCUT2D eigenvalue weighted by Gasteiger charge is 2.31. The molecular formula is C69H74N8O4. The van der Waals surface area contributed by atoms with E-state index in [1.54, 1.807) is 0 Å². The third-order valence-electron chi connectivity index (χ3n) is 14.9. The lowest BCUT2D eigenvalue weighted by Crippen LogP contribution is -2.42. The second-order valence-electron chi connectivity index (χ2n) is 20.4. The summed E-state index contributed by atoms with van der Waals surface area (Å²) in [7, 11) is 0. The molecule has 0 spiro atoms. The molecule has 4 N–H and O–H groups in total. The Bertz CT molecular complexity index is 3270. The van der Waals surface area contributed by atoms with E-state index in [4.69, 9.17) is 0 Å². The number of likely N-dealkylation sites (N-methyl/N-ethyl adjacent to an activating group) is 1. The highest BCUT2D eigenvalue weighted by Crippen LogP contribution is 2.30. The maximum absolute atomic E-state index is 13.2. The molecule has 0 bridgehead atoms. The van der Waals surface area contributed by atoms with Gasteiger partial charge in [0.25, 0.3) is 11.8 Å². The number of nitrogens with zero attached hydrogens (tertiary/aromatic N) is 4. The number of amides is 4. The number of anilines is 4. The Kier molecular flexibility index (Phi) is 20.3. The average Bonchev–Trinajstić information content (AvgIpc) is 3.93. The number of hydrogen-bond acceptors (Lipinski definition) is 8. The van der Waals surface area contributed by atoms with E-state index >= 15 is 0 Å². The summed E-state index contributed by atoms with van der Waals surface area (Å²) in [5, 5.41) is 12.3. The highest BCUT2D eigenvalue weighted by atomic mass is 16.2. The standard InChI is InChI=1S/C35H38N4O2.C34H36N4O2/c1-2-22-36-35(41)33(28-14-7-4-8-15-28)39-24-11-23-38(25-26-39)30-20-18-29(19-21-30)37-34(40)32-17-10-9-16-31(32)27-12-5-3-6-13-27;1-2-35-34(40)32(27-14-7-4-8-15-27)38-23-11-22-37(24-25-38)29-20-18-28(19-21-29)36-33(39)31-17-10-9-16-30(31)26-12-5-3-6-13-26/h3-10,12-21,33H,2,11,22-26H2,1H3,(H,36,41)(H,37,40);3-10,12-21,32H,2,11,22-25H2,1H3,(H,35,40)(H,36,39). The first kappa shape index (κ1) is 56.9. The van der Waals surface area contributed by atoms with Crippen molar-refractivity contribution in [1.29, 1.82) is 0 Å². The fourth-order valence-electron chi connectivity index (χ4n) is 10.9. The molecule has 8 aromatic rings. The molecule has 2 unspecified atom stereocenters. The molecule has 2 fully saturated rings. The van der Waals surface area contributed by atoms with Gasteiger partial charge < -0.3 is 31.1 Å². The maximum atomic E-state index is 13.2. The monoisotopic (exact) mass is 1080 g/mol. The van der Waals surface area contributed by atoms with Gasteiger partial charge >= 0.3 is 0 Å². The van der Waals surface area contributed by atoms with Crippen molar-refractivity contribution in [1.82, 2.24) is 20.4 Å². The molecule has 414 valence electrons. The van der Waals surface area contributed by atoms with E-state index in [0.717, 1.165) is 128 Å². The van der Waals surface area contributed by atoms with Crippen LogP contribution in [0, 0.1) is 0 Å². The SMILES string of the molecule is CCCNC(=O)C(c1ccccc1)N1CCCN(c2ccc(NC(=O)c3ccccc3-c3ccccc3)cc2)CC1.CCNC(=O)C(c1ccccc1)N1CCCN(c2ccc(NC(=O)c3ccccc3-c3ccccc3)cc2)CC1. The van der Waals surface area contributed by atoms with Crippen LogP contribution in [0.5, 0.6) is 0 Å². The Morgan fingerprint density at radius 1 is 0.395 bits per heavy atom. The summed E-state index contributed by atoms with van der Waals surface area (Å²) in [6, 6.07) is 70.9. The summed E-state index contributed by atoms with van der Waals surface area (Å²) in [6.45, 7) is 12.0. The van der Waals surface area contributed by atoms with Crippen LogP contribution < -0.4 is 31.1 Å². The fraction of sp³-hybridized carbons (Fsp3) is 0.246. The molecule has 0 saturated carbocycles. The Labute approximate surface area is 477 Å². The molecule has 2 saturated heterocycles. The molecule has 81 heavy (non-hydrogen) atoms. The zero-order chi connectivity index (χ0) is 56.2. The minimum Gasteiger partial charge on any atom is -0.370 e. The van der Waals surface area contributed by atoms with Crippen LogP contribution in [0.15, 0.2) is 218 Å². The molecule has 10 rings (SSSR count). The van der Waals surface area contributed by atoms with Crippen LogP contribution in [0.2, 0.25) is 0 Å². The second-order valence-corrected chi connectivity index (χ2v) is 20.4. The number of nitrogens with one attached hydrogen (secondary N) is 4. The lowest BCUT2D eigenvalue weighted by molar-refractivity contribution is -0.127. The second kappa shape index (κ2) is 28.9. The van der Waals surface area contributed by atoms with Gasteiger partial charge in [-0.15, -0.1) is 0 Å². The fourth-order valence-corrected chi connectivity index (χ4v) is 10.9. The van der Waals surface area contributed by atoms with Gasteiger partial charge in [-0.05, 0) is 120 Å². The quantitative estimate of drug-likeness (QED) is 0.0710. The smallest absolute Gasteiger partial charge is 0.256 e. The molecule has 2 aliphatic heterocycles. The molecule has 4 amide bonds. The molecule has 12 nitrogen and oxygen atoms in total. The zero-order valence-electron chi connectivity index (χ0n) is 46.6. The van der Waals surface area contributed by atoms with E-state index in [1.807, 2.05) is 201 Å². The van der Waals surface area contributed by atoms with Crippen LogP contribution in [-0.2, 0) is 9.59 Å². The Morgan fingerprint density at radius 2 is 0.765 bits per heavy atom. The van der Waals surface area contributed by atoms with E-state index in [1.165, 1.54) is 0 Å². The Balaban J connectivity index is 0.000000196. The molecular weight excluding hydrogens is 1000 g/mol. The minimum absolute atomic E-state index is 0.0519. The van der Waals surface area contributed by atoms with E-state index in [2.05, 4.69) is 72.1 Å². The van der Waals surface area contributed by atoms with Crippen molar-refractivity contribution < 1.29 is 19.2 Å². The summed E-state index contributed by atoms with van der Waals surface area (Å²) < 4.78 is 0. The highest BCUT2D eigenvalue weighted by molar-refractivity contribution is 6.09. The van der Waals surface area contributed by atoms with Crippen molar-refractivity contribution in [3.05, 3.63) is 241 Å². The van der Waals surface area contributed by atoms with Crippen molar-refractivity contribution in [2.75, 3.05) is 85.9 Å². The van der Waals surface area contributed by atoms with Crippen molar-refractivity contribution in [2.24, 2.45) is 0 Å². The first-order valence-electron chi connectivity index (χ1n) is 28.5. The summed E-state index contributed by atoms with van der Waals surface area (Å²) >= 11 is 0. The molecule has 2 heterocycles. The van der Waals surface area contributed by atoms with Crippen LogP contribution in [0.3, 0.4) is 0 Å². The third-order valence-corrected chi connectivity index (χ3v) is 14.9. The van der Waals surface area contributed by atoms with Gasteiger partial charge in [0.2, 0.25) is 11.8 Å². The van der Waals surface area contributed by atoms with Crippen LogP contribution >= 0.6 is 0 Å². The first-order chi connectivity index (χ1) is 39.8. The van der Waals surface area contributed by atoms with E-state index < -0.39 is 0 Å². The molecule has 8 aromatic carbocycles. The maximum Gasteiger partial charge on any atom is 0.256 e. The topological polar surface area (TPSA) is 129 Å². The van der Waals surface area contributed by atoms with Crippen molar-refractivity contribution in [3.63, 3.8) is 0 Å². The summed E-state index contributed by atoms with van der Waals surface area (Å²) in [5.74, 6) is -0.137. The predicted molar refractivity (Wildman–Crippen MR) is 330 cm³/mol. The largest absolute Gasteiger partial charge is 0.370 e. The number of carbonyl (C=O) groups excluding carboxylic acids is 4. The van der Waals surface area contributed by atoms with Gasteiger partial charge in [0.1, 0.15) is 12.1 Å². The van der Waals surface area contributed by atoms with E-state index in [9.17, 15) is 19.2 Å². The number of rotatable bonds is 17. The van der Waals surface area contributed by atoms with Crippen LogP contribution in [0.4, 0.5) is 22.7 Å². The van der Waals surface area contributed by atoms with Gasteiger partial charge in [-0.2, -0.15) is 0 Å². The molecule has 2 aliphatic rings. The van der Waals surface area contributed by atoms with Gasteiger partial charge in [0.15, 0.2) is 0 Å². The van der Waals surface area contributed by atoms with Crippen LogP contribution in [0.1, 0.15) is 77.0 Å².